The van der Waals surface area contributed by atoms with Gasteiger partial charge in [-0.1, -0.05) is 25.3 Å². The average molecular weight is 339 g/mol. The van der Waals surface area contributed by atoms with E-state index in [2.05, 4.69) is 30.9 Å². The Bertz CT molecular complexity index is 840. The van der Waals surface area contributed by atoms with Gasteiger partial charge in [-0.15, -0.1) is 5.92 Å². The fourth-order valence-electron chi connectivity index (χ4n) is 2.63. The standard InChI is InChI=1S/C21H25NO3/c1-5-7-9-16-10-11-19(25-12-8-6-2)18(13-16)17-14-20(24-4)21(23)22(3)15-17/h10-11,13-15H,5,7,9,12H2,1-4H3. The van der Waals surface area contributed by atoms with Gasteiger partial charge in [0.1, 0.15) is 12.4 Å². The highest BCUT2D eigenvalue weighted by molar-refractivity contribution is 5.71. The van der Waals surface area contributed by atoms with E-state index < -0.39 is 0 Å². The molecular formula is C21H25NO3. The quantitative estimate of drug-likeness (QED) is 0.720. The molecule has 0 aliphatic carbocycles. The monoisotopic (exact) mass is 339 g/mol. The third kappa shape index (κ3) is 4.67. The van der Waals surface area contributed by atoms with Crippen LogP contribution < -0.4 is 15.0 Å². The van der Waals surface area contributed by atoms with Gasteiger partial charge >= 0.3 is 0 Å². The number of unbranched alkanes of at least 4 members (excludes halogenated alkanes) is 1. The van der Waals surface area contributed by atoms with E-state index in [1.165, 1.54) is 17.2 Å². The van der Waals surface area contributed by atoms with Crippen molar-refractivity contribution in [2.45, 2.75) is 33.1 Å². The predicted molar refractivity (Wildman–Crippen MR) is 101 cm³/mol. The molecule has 0 aliphatic rings. The van der Waals surface area contributed by atoms with E-state index in [1.807, 2.05) is 12.3 Å². The van der Waals surface area contributed by atoms with Crippen LogP contribution >= 0.6 is 0 Å². The molecule has 25 heavy (non-hydrogen) atoms. The van der Waals surface area contributed by atoms with Gasteiger partial charge in [0.25, 0.3) is 5.56 Å². The molecule has 0 unspecified atom stereocenters. The van der Waals surface area contributed by atoms with E-state index in [-0.39, 0.29) is 5.56 Å². The van der Waals surface area contributed by atoms with E-state index in [4.69, 9.17) is 9.47 Å². The molecule has 2 aromatic rings. The van der Waals surface area contributed by atoms with Crippen molar-refractivity contribution >= 4 is 0 Å². The molecule has 0 N–H and O–H groups in total. The first-order valence-corrected chi connectivity index (χ1v) is 8.51. The number of aromatic nitrogens is 1. The number of nitrogens with zero attached hydrogens (tertiary/aromatic N) is 1. The normalized spacial score (nSPS) is 10.1. The predicted octanol–water partition coefficient (Wildman–Crippen LogP) is 3.81. The van der Waals surface area contributed by atoms with E-state index in [0.29, 0.717) is 12.4 Å². The Kier molecular flexibility index (Phi) is 6.71. The Morgan fingerprint density at radius 3 is 2.68 bits per heavy atom. The van der Waals surface area contributed by atoms with Gasteiger partial charge in [0.05, 0.1) is 7.11 Å². The Morgan fingerprint density at radius 2 is 2.00 bits per heavy atom. The number of methoxy groups -OCH3 is 1. The number of ether oxygens (including phenoxy) is 2. The maximum atomic E-state index is 12.1. The van der Waals surface area contributed by atoms with Crippen LogP contribution in [-0.4, -0.2) is 18.3 Å². The Morgan fingerprint density at radius 1 is 1.20 bits per heavy atom. The molecule has 0 saturated heterocycles. The Hall–Kier alpha value is -2.67. The van der Waals surface area contributed by atoms with Crippen LogP contribution in [0.5, 0.6) is 11.5 Å². The van der Waals surface area contributed by atoms with Crippen LogP contribution in [0.3, 0.4) is 0 Å². The second kappa shape index (κ2) is 8.98. The van der Waals surface area contributed by atoms with Gasteiger partial charge in [0.2, 0.25) is 0 Å². The summed E-state index contributed by atoms with van der Waals surface area (Å²) in [5.74, 6) is 6.82. The van der Waals surface area contributed by atoms with Crippen molar-refractivity contribution in [2.24, 2.45) is 7.05 Å². The summed E-state index contributed by atoms with van der Waals surface area (Å²) >= 11 is 0. The topological polar surface area (TPSA) is 40.5 Å². The molecule has 0 aliphatic heterocycles. The zero-order chi connectivity index (χ0) is 18.2. The second-order valence-electron chi connectivity index (χ2n) is 5.86. The number of benzene rings is 1. The first kappa shape index (κ1) is 18.7. The van der Waals surface area contributed by atoms with Crippen molar-refractivity contribution in [3.63, 3.8) is 0 Å². The van der Waals surface area contributed by atoms with Gasteiger partial charge in [-0.25, -0.2) is 0 Å². The van der Waals surface area contributed by atoms with E-state index in [0.717, 1.165) is 36.1 Å². The molecule has 0 amide bonds. The van der Waals surface area contributed by atoms with Crippen LogP contribution in [0.25, 0.3) is 11.1 Å². The van der Waals surface area contributed by atoms with Crippen molar-refractivity contribution < 1.29 is 9.47 Å². The summed E-state index contributed by atoms with van der Waals surface area (Å²) < 4.78 is 12.6. The molecule has 0 atom stereocenters. The lowest BCUT2D eigenvalue weighted by molar-refractivity contribution is 0.371. The molecule has 1 heterocycles. The van der Waals surface area contributed by atoms with Crippen LogP contribution in [0.2, 0.25) is 0 Å². The maximum absolute atomic E-state index is 12.1. The molecule has 1 aromatic carbocycles. The highest BCUT2D eigenvalue weighted by Gasteiger charge is 2.12. The van der Waals surface area contributed by atoms with Crippen molar-refractivity contribution in [3.8, 4) is 34.5 Å². The average Bonchev–Trinajstić information content (AvgIpc) is 2.63. The van der Waals surface area contributed by atoms with Gasteiger partial charge in [0.15, 0.2) is 5.75 Å². The van der Waals surface area contributed by atoms with Crippen LogP contribution in [0.15, 0.2) is 35.3 Å². The molecule has 1 aromatic heterocycles. The minimum absolute atomic E-state index is 0.160. The Balaban J connectivity index is 2.52. The first-order valence-electron chi connectivity index (χ1n) is 8.51. The van der Waals surface area contributed by atoms with Crippen molar-refractivity contribution in [1.29, 1.82) is 0 Å². The molecule has 0 bridgehead atoms. The van der Waals surface area contributed by atoms with Crippen molar-refractivity contribution in [3.05, 3.63) is 46.4 Å². The summed E-state index contributed by atoms with van der Waals surface area (Å²) in [7, 11) is 3.23. The van der Waals surface area contributed by atoms with Gasteiger partial charge in [-0.05, 0) is 43.5 Å². The SMILES string of the molecule is CC#CCOc1ccc(CCCC)cc1-c1cc(OC)c(=O)n(C)c1. The third-order valence-electron chi connectivity index (χ3n) is 4.02. The molecule has 2 rings (SSSR count). The highest BCUT2D eigenvalue weighted by Crippen LogP contribution is 2.32. The highest BCUT2D eigenvalue weighted by atomic mass is 16.5. The zero-order valence-corrected chi connectivity index (χ0v) is 15.4. The van der Waals surface area contributed by atoms with Gasteiger partial charge in [0, 0.05) is 24.4 Å². The number of hydrogen-bond acceptors (Lipinski definition) is 3. The fraction of sp³-hybridized carbons (Fsp3) is 0.381. The van der Waals surface area contributed by atoms with Crippen molar-refractivity contribution in [2.75, 3.05) is 13.7 Å². The molecule has 4 nitrogen and oxygen atoms in total. The summed E-state index contributed by atoms with van der Waals surface area (Å²) in [4.78, 5) is 12.1. The largest absolute Gasteiger partial charge is 0.491 e. The first-order chi connectivity index (χ1) is 12.1. The van der Waals surface area contributed by atoms with E-state index in [9.17, 15) is 4.79 Å². The number of hydrogen-bond donors (Lipinski definition) is 0. The van der Waals surface area contributed by atoms with Crippen LogP contribution in [0.4, 0.5) is 0 Å². The van der Waals surface area contributed by atoms with Gasteiger partial charge < -0.3 is 14.0 Å². The lowest BCUT2D eigenvalue weighted by atomic mass is 10.00. The minimum Gasteiger partial charge on any atom is -0.491 e. The lowest BCUT2D eigenvalue weighted by Gasteiger charge is -2.14. The molecular weight excluding hydrogens is 314 g/mol. The summed E-state index contributed by atoms with van der Waals surface area (Å²) in [5.41, 5.74) is 2.92. The maximum Gasteiger partial charge on any atom is 0.292 e. The van der Waals surface area contributed by atoms with Crippen LogP contribution in [-0.2, 0) is 13.5 Å². The zero-order valence-electron chi connectivity index (χ0n) is 15.4. The summed E-state index contributed by atoms with van der Waals surface area (Å²) in [6.07, 6.45) is 5.11. The molecule has 4 heteroatoms. The summed E-state index contributed by atoms with van der Waals surface area (Å²) in [6.45, 7) is 4.30. The molecule has 0 fully saturated rings. The Labute approximate surface area is 149 Å². The number of aryl methyl sites for hydroxylation is 2. The molecule has 132 valence electrons. The van der Waals surface area contributed by atoms with Crippen molar-refractivity contribution in [1.82, 2.24) is 4.57 Å². The smallest absolute Gasteiger partial charge is 0.292 e. The van der Waals surface area contributed by atoms with Crippen LogP contribution in [0, 0.1) is 11.8 Å². The summed E-state index contributed by atoms with van der Waals surface area (Å²) in [5, 5.41) is 0. The number of pyridine rings is 1. The number of rotatable bonds is 7. The molecule has 0 radical (unpaired) electrons. The molecule has 0 saturated carbocycles. The van der Waals surface area contributed by atoms with E-state index in [1.54, 1.807) is 20.0 Å². The fourth-order valence-corrected chi connectivity index (χ4v) is 2.63. The second-order valence-corrected chi connectivity index (χ2v) is 5.86. The van der Waals surface area contributed by atoms with E-state index >= 15 is 0 Å². The molecule has 0 spiro atoms. The third-order valence-corrected chi connectivity index (χ3v) is 4.02. The van der Waals surface area contributed by atoms with Gasteiger partial charge in [-0.2, -0.15) is 0 Å². The van der Waals surface area contributed by atoms with Gasteiger partial charge in [-0.3, -0.25) is 4.79 Å². The summed E-state index contributed by atoms with van der Waals surface area (Å²) in [6, 6.07) is 7.96. The lowest BCUT2D eigenvalue weighted by Crippen LogP contribution is -2.17. The van der Waals surface area contributed by atoms with Crippen LogP contribution in [0.1, 0.15) is 32.3 Å². The minimum atomic E-state index is -0.160.